The second-order valence-electron chi connectivity index (χ2n) is 5.17. The molecule has 0 aliphatic carbocycles. The number of alkyl halides is 3. The molecule has 0 saturated heterocycles. The number of aromatic amines is 1. The molecule has 0 amide bonds. The molecule has 0 fully saturated rings. The predicted octanol–water partition coefficient (Wildman–Crippen LogP) is 5.07. The highest BCUT2D eigenvalue weighted by Crippen LogP contribution is 2.27. The van der Waals surface area contributed by atoms with E-state index in [0.717, 1.165) is 11.1 Å². The summed E-state index contributed by atoms with van der Waals surface area (Å²) in [6.07, 6.45) is -0.827. The van der Waals surface area contributed by atoms with E-state index >= 15 is 0 Å². The molecule has 128 valence electrons. The molecule has 0 atom stereocenters. The molecule has 0 spiro atoms. The van der Waals surface area contributed by atoms with Crippen molar-refractivity contribution in [2.75, 3.05) is 0 Å². The van der Waals surface area contributed by atoms with Crippen LogP contribution in [0.15, 0.2) is 54.6 Å². The fourth-order valence-corrected chi connectivity index (χ4v) is 2.35. The Kier molecular flexibility index (Phi) is 4.56. The predicted molar refractivity (Wildman–Crippen MR) is 88.6 cm³/mol. The van der Waals surface area contributed by atoms with Gasteiger partial charge in [-0.25, -0.2) is 4.98 Å². The largest absolute Gasteiger partial charge is 0.573 e. The summed E-state index contributed by atoms with van der Waals surface area (Å²) >= 11 is 0. The van der Waals surface area contributed by atoms with Gasteiger partial charge in [0.1, 0.15) is 5.75 Å². The smallest absolute Gasteiger partial charge is 0.406 e. The molecule has 3 aromatic rings. The zero-order valence-electron chi connectivity index (χ0n) is 13.2. The maximum absolute atomic E-state index is 12.2. The fraction of sp³-hybridized carbons (Fsp3) is 0.111. The average Bonchev–Trinajstić information content (AvgIpc) is 3.05. The Bertz CT molecular complexity index is 883. The third-order valence-corrected chi connectivity index (χ3v) is 3.39. The molecule has 0 unspecified atom stereocenters. The minimum Gasteiger partial charge on any atom is -0.406 e. The molecule has 0 bridgehead atoms. The SMILES string of the molecule is C/C=C/c1ccccc1-c1nc(-c2ccc(OC(F)(F)F)cc2)n[nH]1. The lowest BCUT2D eigenvalue weighted by molar-refractivity contribution is -0.274. The maximum atomic E-state index is 12.2. The Balaban J connectivity index is 1.87. The van der Waals surface area contributed by atoms with Crippen molar-refractivity contribution in [2.45, 2.75) is 13.3 Å². The van der Waals surface area contributed by atoms with Gasteiger partial charge in [0.25, 0.3) is 0 Å². The van der Waals surface area contributed by atoms with Crippen LogP contribution in [0.1, 0.15) is 12.5 Å². The molecule has 1 heterocycles. The number of hydrogen-bond acceptors (Lipinski definition) is 3. The molecule has 3 rings (SSSR count). The molecule has 0 saturated carbocycles. The topological polar surface area (TPSA) is 50.8 Å². The first-order chi connectivity index (χ1) is 12.0. The van der Waals surface area contributed by atoms with Crippen molar-refractivity contribution in [1.82, 2.24) is 15.2 Å². The quantitative estimate of drug-likeness (QED) is 0.718. The highest BCUT2D eigenvalue weighted by atomic mass is 19.4. The summed E-state index contributed by atoms with van der Waals surface area (Å²) in [5.41, 5.74) is 2.46. The van der Waals surface area contributed by atoms with Crippen LogP contribution >= 0.6 is 0 Å². The molecule has 25 heavy (non-hydrogen) atoms. The van der Waals surface area contributed by atoms with E-state index < -0.39 is 6.36 Å². The Morgan fingerprint density at radius 1 is 1.04 bits per heavy atom. The molecule has 1 aromatic heterocycles. The van der Waals surface area contributed by atoms with E-state index in [0.29, 0.717) is 17.2 Å². The molecule has 0 aliphatic heterocycles. The highest BCUT2D eigenvalue weighted by Gasteiger charge is 2.31. The minimum absolute atomic E-state index is 0.287. The van der Waals surface area contributed by atoms with Crippen LogP contribution in [0.3, 0.4) is 0 Å². The average molecular weight is 345 g/mol. The van der Waals surface area contributed by atoms with Crippen LogP contribution < -0.4 is 4.74 Å². The summed E-state index contributed by atoms with van der Waals surface area (Å²) < 4.78 is 40.5. The number of halogens is 3. The standard InChI is InChI=1S/C18H14F3N3O/c1-2-5-12-6-3-4-7-15(12)17-22-16(23-24-17)13-8-10-14(11-9-13)25-18(19,20)21/h2-11H,1H3,(H,22,23,24)/b5-2+. The molecule has 4 nitrogen and oxygen atoms in total. The van der Waals surface area contributed by atoms with Gasteiger partial charge in [-0.15, -0.1) is 13.2 Å². The fourth-order valence-electron chi connectivity index (χ4n) is 2.35. The molecule has 1 N–H and O–H groups in total. The van der Waals surface area contributed by atoms with Crippen molar-refractivity contribution in [3.05, 3.63) is 60.2 Å². The van der Waals surface area contributed by atoms with Crippen LogP contribution in [0.25, 0.3) is 28.9 Å². The molecule has 2 aromatic carbocycles. The number of allylic oxidation sites excluding steroid dienone is 1. The Labute approximate surface area is 142 Å². The van der Waals surface area contributed by atoms with Gasteiger partial charge >= 0.3 is 6.36 Å². The molecule has 0 radical (unpaired) electrons. The van der Waals surface area contributed by atoms with E-state index in [9.17, 15) is 13.2 Å². The molecular weight excluding hydrogens is 331 g/mol. The van der Waals surface area contributed by atoms with Crippen molar-refractivity contribution >= 4 is 6.08 Å². The third-order valence-electron chi connectivity index (χ3n) is 3.39. The zero-order chi connectivity index (χ0) is 17.9. The first kappa shape index (κ1) is 16.8. The summed E-state index contributed by atoms with van der Waals surface area (Å²) in [4.78, 5) is 4.43. The first-order valence-corrected chi connectivity index (χ1v) is 7.47. The van der Waals surface area contributed by atoms with E-state index in [2.05, 4.69) is 19.9 Å². The van der Waals surface area contributed by atoms with E-state index in [1.54, 1.807) is 0 Å². The van der Waals surface area contributed by atoms with E-state index in [1.807, 2.05) is 43.3 Å². The lowest BCUT2D eigenvalue weighted by Crippen LogP contribution is -2.16. The van der Waals surface area contributed by atoms with Gasteiger partial charge in [-0.3, -0.25) is 5.10 Å². The number of rotatable bonds is 4. The van der Waals surface area contributed by atoms with Crippen LogP contribution in [-0.4, -0.2) is 21.5 Å². The minimum atomic E-state index is -4.71. The van der Waals surface area contributed by atoms with E-state index in [4.69, 9.17) is 0 Å². The van der Waals surface area contributed by atoms with Gasteiger partial charge in [-0.05, 0) is 36.8 Å². The van der Waals surface area contributed by atoms with Gasteiger partial charge in [0.2, 0.25) is 0 Å². The van der Waals surface area contributed by atoms with Gasteiger partial charge < -0.3 is 4.74 Å². The lowest BCUT2D eigenvalue weighted by atomic mass is 10.1. The summed E-state index contributed by atoms with van der Waals surface area (Å²) in [7, 11) is 0. The zero-order valence-corrected chi connectivity index (χ0v) is 13.2. The second kappa shape index (κ2) is 6.80. The summed E-state index contributed by atoms with van der Waals surface area (Å²) in [6, 6.07) is 13.1. The number of hydrogen-bond donors (Lipinski definition) is 1. The number of benzene rings is 2. The van der Waals surface area contributed by atoms with Crippen LogP contribution in [-0.2, 0) is 0 Å². The van der Waals surface area contributed by atoms with Crippen LogP contribution in [0.2, 0.25) is 0 Å². The monoisotopic (exact) mass is 345 g/mol. The van der Waals surface area contributed by atoms with Crippen LogP contribution in [0, 0.1) is 0 Å². The van der Waals surface area contributed by atoms with Gasteiger partial charge in [-0.2, -0.15) is 5.10 Å². The number of aromatic nitrogens is 3. The Morgan fingerprint density at radius 2 is 1.76 bits per heavy atom. The van der Waals surface area contributed by atoms with Crippen molar-refractivity contribution in [1.29, 1.82) is 0 Å². The van der Waals surface area contributed by atoms with Crippen molar-refractivity contribution in [3.63, 3.8) is 0 Å². The Hall–Kier alpha value is -3.09. The van der Waals surface area contributed by atoms with Crippen molar-refractivity contribution in [2.24, 2.45) is 0 Å². The Morgan fingerprint density at radius 3 is 2.44 bits per heavy atom. The molecule has 7 heteroatoms. The number of nitrogens with one attached hydrogen (secondary N) is 1. The van der Waals surface area contributed by atoms with Gasteiger partial charge in [0.05, 0.1) is 0 Å². The summed E-state index contributed by atoms with van der Waals surface area (Å²) in [5.74, 6) is 0.689. The number of ether oxygens (including phenoxy) is 1. The van der Waals surface area contributed by atoms with E-state index in [1.165, 1.54) is 24.3 Å². The van der Waals surface area contributed by atoms with Gasteiger partial charge in [-0.1, -0.05) is 36.4 Å². The van der Waals surface area contributed by atoms with Gasteiger partial charge in [0.15, 0.2) is 11.6 Å². The lowest BCUT2D eigenvalue weighted by Gasteiger charge is -2.08. The highest BCUT2D eigenvalue weighted by molar-refractivity contribution is 5.72. The first-order valence-electron chi connectivity index (χ1n) is 7.47. The molecular formula is C18H14F3N3O. The summed E-state index contributed by atoms with van der Waals surface area (Å²) in [5, 5.41) is 7.01. The van der Waals surface area contributed by atoms with Crippen LogP contribution in [0.4, 0.5) is 13.2 Å². The van der Waals surface area contributed by atoms with Crippen LogP contribution in [0.5, 0.6) is 5.75 Å². The van der Waals surface area contributed by atoms with Crippen molar-refractivity contribution in [3.8, 4) is 28.5 Å². The number of nitrogens with zero attached hydrogens (tertiary/aromatic N) is 2. The third kappa shape index (κ3) is 4.06. The van der Waals surface area contributed by atoms with Crippen molar-refractivity contribution < 1.29 is 17.9 Å². The van der Waals surface area contributed by atoms with Gasteiger partial charge in [0, 0.05) is 11.1 Å². The second-order valence-corrected chi connectivity index (χ2v) is 5.17. The maximum Gasteiger partial charge on any atom is 0.573 e. The summed E-state index contributed by atoms with van der Waals surface area (Å²) in [6.45, 7) is 1.92. The normalized spacial score (nSPS) is 11.8. The molecule has 0 aliphatic rings. The van der Waals surface area contributed by atoms with E-state index in [-0.39, 0.29) is 5.75 Å². The number of H-pyrrole nitrogens is 1.